The lowest BCUT2D eigenvalue weighted by atomic mass is 9.75. The molecule has 26 heavy (non-hydrogen) atoms. The number of carbonyl (C=O) groups is 1. The normalized spacial score (nSPS) is 20.5. The van der Waals surface area contributed by atoms with Crippen LogP contribution in [0.15, 0.2) is 48.9 Å². The van der Waals surface area contributed by atoms with Crippen molar-refractivity contribution in [3.8, 4) is 0 Å². The van der Waals surface area contributed by atoms with Gasteiger partial charge in [0.2, 0.25) is 5.91 Å². The van der Waals surface area contributed by atoms with Crippen LogP contribution >= 0.6 is 0 Å². The van der Waals surface area contributed by atoms with Crippen LogP contribution in [-0.4, -0.2) is 31.7 Å². The van der Waals surface area contributed by atoms with Gasteiger partial charge in [0.25, 0.3) is 0 Å². The number of hydrogen-bond acceptors (Lipinski definition) is 4. The third-order valence-corrected chi connectivity index (χ3v) is 5.15. The minimum atomic E-state index is -0.274. The molecule has 0 spiro atoms. The van der Waals surface area contributed by atoms with Crippen molar-refractivity contribution in [2.75, 3.05) is 0 Å². The van der Waals surface area contributed by atoms with Crippen molar-refractivity contribution >= 4 is 16.8 Å². The number of pyridine rings is 1. The van der Waals surface area contributed by atoms with Gasteiger partial charge in [-0.3, -0.25) is 9.78 Å². The highest BCUT2D eigenvalue weighted by Gasteiger charge is 2.36. The number of aliphatic hydroxyl groups is 1. The third-order valence-electron chi connectivity index (χ3n) is 5.15. The molecule has 0 unspecified atom stereocenters. The van der Waals surface area contributed by atoms with Crippen molar-refractivity contribution < 1.29 is 9.90 Å². The summed E-state index contributed by atoms with van der Waals surface area (Å²) in [5.41, 5.74) is 1.92. The Morgan fingerprint density at radius 2 is 2.15 bits per heavy atom. The highest BCUT2D eigenvalue weighted by Crippen LogP contribution is 2.38. The molecule has 1 amide bonds. The number of para-hydroxylation sites is 1. The van der Waals surface area contributed by atoms with Crippen LogP contribution < -0.4 is 5.32 Å². The van der Waals surface area contributed by atoms with E-state index in [1.807, 2.05) is 42.0 Å². The summed E-state index contributed by atoms with van der Waals surface area (Å²) in [7, 11) is 0. The maximum atomic E-state index is 12.6. The van der Waals surface area contributed by atoms with E-state index in [0.717, 1.165) is 22.3 Å². The Bertz CT molecular complexity index is 930. The topological polar surface area (TPSA) is 80.0 Å². The van der Waals surface area contributed by atoms with Gasteiger partial charge in [-0.15, -0.1) is 0 Å². The molecule has 1 aliphatic carbocycles. The second-order valence-corrected chi connectivity index (χ2v) is 6.99. The Morgan fingerprint density at radius 3 is 2.88 bits per heavy atom. The Labute approximate surface area is 151 Å². The number of amides is 1. The monoisotopic (exact) mass is 350 g/mol. The van der Waals surface area contributed by atoms with Gasteiger partial charge < -0.3 is 15.0 Å². The molecular weight excluding hydrogens is 328 g/mol. The van der Waals surface area contributed by atoms with E-state index >= 15 is 0 Å². The minimum Gasteiger partial charge on any atom is -0.393 e. The fraction of sp³-hybridized carbons (Fsp3) is 0.350. The van der Waals surface area contributed by atoms with E-state index in [2.05, 4.69) is 21.4 Å². The number of nitrogens with one attached hydrogen (secondary N) is 1. The number of imidazole rings is 1. The molecule has 1 fully saturated rings. The summed E-state index contributed by atoms with van der Waals surface area (Å²) >= 11 is 0. The molecule has 2 N–H and O–H groups in total. The maximum Gasteiger partial charge on any atom is 0.240 e. The molecule has 1 saturated carbocycles. The van der Waals surface area contributed by atoms with Crippen LogP contribution in [0.3, 0.4) is 0 Å². The van der Waals surface area contributed by atoms with Gasteiger partial charge in [0.05, 0.1) is 17.7 Å². The predicted molar refractivity (Wildman–Crippen MR) is 98.3 cm³/mol. The van der Waals surface area contributed by atoms with Gasteiger partial charge in [0, 0.05) is 24.0 Å². The molecule has 1 atom stereocenters. The Balaban J connectivity index is 1.57. The van der Waals surface area contributed by atoms with Crippen molar-refractivity contribution in [3.63, 3.8) is 0 Å². The number of nitrogens with zero attached hydrogens (tertiary/aromatic N) is 3. The zero-order chi connectivity index (χ0) is 18.1. The average molecular weight is 350 g/mol. The first-order valence-electron chi connectivity index (χ1n) is 8.90. The number of benzene rings is 1. The highest BCUT2D eigenvalue weighted by molar-refractivity contribution is 5.80. The van der Waals surface area contributed by atoms with Crippen LogP contribution in [0.25, 0.3) is 10.9 Å². The summed E-state index contributed by atoms with van der Waals surface area (Å²) in [4.78, 5) is 21.3. The zero-order valence-corrected chi connectivity index (χ0v) is 14.7. The minimum absolute atomic E-state index is 0.0642. The average Bonchev–Trinajstić information content (AvgIpc) is 3.01. The first kappa shape index (κ1) is 16.7. The number of carbonyl (C=O) groups excluding carboxylic acids is 1. The van der Waals surface area contributed by atoms with Gasteiger partial charge in [-0.1, -0.05) is 18.2 Å². The summed E-state index contributed by atoms with van der Waals surface area (Å²) in [6.07, 6.45) is 6.44. The number of fused-ring (bicyclic) bond motifs is 1. The first-order chi connectivity index (χ1) is 12.6. The molecule has 6 nitrogen and oxygen atoms in total. The predicted octanol–water partition coefficient (Wildman–Crippen LogP) is 2.37. The van der Waals surface area contributed by atoms with Crippen molar-refractivity contribution in [1.29, 1.82) is 0 Å². The van der Waals surface area contributed by atoms with E-state index in [0.29, 0.717) is 12.8 Å². The summed E-state index contributed by atoms with van der Waals surface area (Å²) in [6, 6.07) is 9.88. The number of rotatable bonds is 5. The zero-order valence-electron chi connectivity index (χ0n) is 14.7. The molecule has 2 heterocycles. The smallest absolute Gasteiger partial charge is 0.240 e. The van der Waals surface area contributed by atoms with Crippen molar-refractivity contribution in [2.45, 2.75) is 38.5 Å². The van der Waals surface area contributed by atoms with Gasteiger partial charge in [-0.2, -0.15) is 0 Å². The van der Waals surface area contributed by atoms with Crippen molar-refractivity contribution in [1.82, 2.24) is 19.9 Å². The van der Waals surface area contributed by atoms with Gasteiger partial charge in [-0.05, 0) is 43.4 Å². The quantitative estimate of drug-likeness (QED) is 0.740. The summed E-state index contributed by atoms with van der Waals surface area (Å²) in [6.45, 7) is 2.11. The molecule has 0 radical (unpaired) electrons. The fourth-order valence-corrected chi connectivity index (χ4v) is 3.58. The molecular formula is C20H22N4O2. The summed E-state index contributed by atoms with van der Waals surface area (Å²) in [5, 5.41) is 13.9. The molecule has 3 aromatic rings. The second kappa shape index (κ2) is 6.88. The van der Waals surface area contributed by atoms with Crippen molar-refractivity contribution in [2.24, 2.45) is 5.92 Å². The van der Waals surface area contributed by atoms with Crippen LogP contribution in [0, 0.1) is 12.8 Å². The lowest BCUT2D eigenvalue weighted by Gasteiger charge is -2.38. The third kappa shape index (κ3) is 3.32. The molecule has 1 aromatic carbocycles. The van der Waals surface area contributed by atoms with E-state index in [1.165, 1.54) is 0 Å². The lowest BCUT2D eigenvalue weighted by molar-refractivity contribution is -0.123. The van der Waals surface area contributed by atoms with Gasteiger partial charge in [0.15, 0.2) is 0 Å². The first-order valence-corrected chi connectivity index (χ1v) is 8.90. The Morgan fingerprint density at radius 1 is 1.35 bits per heavy atom. The Hall–Kier alpha value is -2.73. The van der Waals surface area contributed by atoms with Crippen LogP contribution in [0.2, 0.25) is 0 Å². The standard InChI is InChI=1S/C20H22N4O2/c1-13-21-6-7-24(13)12-19(26)23-20(15-9-17(25)10-15)16-8-14-4-2-3-5-18(14)22-11-16/h2-8,11,15,17,20,25H,9-10,12H2,1H3,(H,23,26)/t15?,17?,20-/m0/s1. The van der Waals surface area contributed by atoms with Gasteiger partial charge >= 0.3 is 0 Å². The number of aliphatic hydroxyl groups excluding tert-OH is 1. The molecule has 0 bridgehead atoms. The highest BCUT2D eigenvalue weighted by atomic mass is 16.3. The van der Waals surface area contributed by atoms with Gasteiger partial charge in [-0.25, -0.2) is 4.98 Å². The van der Waals surface area contributed by atoms with Crippen LogP contribution in [0.4, 0.5) is 0 Å². The summed E-state index contributed by atoms with van der Waals surface area (Å²) < 4.78 is 1.82. The van der Waals surface area contributed by atoms with E-state index in [9.17, 15) is 9.90 Å². The number of aromatic nitrogens is 3. The molecule has 0 aliphatic heterocycles. The van der Waals surface area contributed by atoms with Gasteiger partial charge in [0.1, 0.15) is 12.4 Å². The molecule has 134 valence electrons. The maximum absolute atomic E-state index is 12.6. The van der Waals surface area contributed by atoms with E-state index in [-0.39, 0.29) is 30.5 Å². The molecule has 4 rings (SSSR count). The van der Waals surface area contributed by atoms with Crippen LogP contribution in [0.1, 0.15) is 30.3 Å². The number of hydrogen-bond donors (Lipinski definition) is 2. The van der Waals surface area contributed by atoms with Crippen LogP contribution in [0.5, 0.6) is 0 Å². The molecule has 1 aliphatic rings. The molecule has 2 aromatic heterocycles. The van der Waals surface area contributed by atoms with E-state index in [4.69, 9.17) is 0 Å². The van der Waals surface area contributed by atoms with Crippen LogP contribution in [-0.2, 0) is 11.3 Å². The molecule has 0 saturated heterocycles. The van der Waals surface area contributed by atoms with E-state index < -0.39 is 0 Å². The molecule has 6 heteroatoms. The lowest BCUT2D eigenvalue weighted by Crippen LogP contribution is -2.42. The summed E-state index contributed by atoms with van der Waals surface area (Å²) in [5.74, 6) is 0.967. The second-order valence-electron chi connectivity index (χ2n) is 6.99. The number of aryl methyl sites for hydroxylation is 1. The Kier molecular flexibility index (Phi) is 4.42. The largest absolute Gasteiger partial charge is 0.393 e. The van der Waals surface area contributed by atoms with Crippen molar-refractivity contribution in [3.05, 3.63) is 60.3 Å². The SMILES string of the molecule is Cc1nccn1CC(=O)N[C@H](c1cnc2ccccc2c1)C1CC(O)C1. The fourth-order valence-electron chi connectivity index (χ4n) is 3.58. The van der Waals surface area contributed by atoms with E-state index in [1.54, 1.807) is 12.4 Å².